The molecule has 168 valence electrons. The first-order chi connectivity index (χ1) is 15.2. The van der Waals surface area contributed by atoms with Crippen LogP contribution in [0.1, 0.15) is 42.6 Å². The summed E-state index contributed by atoms with van der Waals surface area (Å²) in [6.45, 7) is 5.93. The van der Waals surface area contributed by atoms with Crippen LogP contribution in [0, 0.1) is 12.8 Å². The summed E-state index contributed by atoms with van der Waals surface area (Å²) >= 11 is 0. The van der Waals surface area contributed by atoms with E-state index >= 15 is 0 Å². The third-order valence-electron chi connectivity index (χ3n) is 5.23. The number of anilines is 3. The van der Waals surface area contributed by atoms with Crippen molar-refractivity contribution in [3.05, 3.63) is 53.6 Å². The van der Waals surface area contributed by atoms with Gasteiger partial charge in [-0.25, -0.2) is 0 Å². The van der Waals surface area contributed by atoms with Gasteiger partial charge in [-0.15, -0.1) is 0 Å². The highest BCUT2D eigenvalue weighted by molar-refractivity contribution is 6.01. The van der Waals surface area contributed by atoms with Crippen molar-refractivity contribution in [3.8, 4) is 0 Å². The van der Waals surface area contributed by atoms with Crippen LogP contribution in [0.5, 0.6) is 0 Å². The maximum absolute atomic E-state index is 12.4. The molecule has 1 aliphatic heterocycles. The molecular weight excluding hydrogens is 408 g/mol. The maximum atomic E-state index is 12.4. The third-order valence-corrected chi connectivity index (χ3v) is 5.23. The molecule has 0 aliphatic carbocycles. The average molecular weight is 437 g/mol. The van der Waals surface area contributed by atoms with Crippen LogP contribution in [0.25, 0.3) is 0 Å². The fourth-order valence-corrected chi connectivity index (χ4v) is 3.29. The number of carbonyl (C=O) groups excluding carboxylic acids is 4. The molecule has 0 aromatic heterocycles. The van der Waals surface area contributed by atoms with E-state index in [9.17, 15) is 19.2 Å². The average Bonchev–Trinajstić information content (AvgIpc) is 3.20. The molecule has 0 unspecified atom stereocenters. The standard InChI is InChI=1S/C24H28N4O4/c1-15(2)23(31)26-18-9-6-16(3)20(13-18)27-21(29)14-25-24(32)17-7-10-19(11-8-17)28-12-4-5-22(28)30/h6-11,13,15H,4-5,12,14H2,1-3H3,(H,25,32)(H,26,31)(H,27,29). The lowest BCUT2D eigenvalue weighted by atomic mass is 10.1. The molecule has 0 saturated carbocycles. The fourth-order valence-electron chi connectivity index (χ4n) is 3.29. The summed E-state index contributed by atoms with van der Waals surface area (Å²) in [5, 5.41) is 8.16. The highest BCUT2D eigenvalue weighted by atomic mass is 16.2. The Balaban J connectivity index is 1.55. The van der Waals surface area contributed by atoms with Gasteiger partial charge in [0.2, 0.25) is 17.7 Å². The van der Waals surface area contributed by atoms with Gasteiger partial charge >= 0.3 is 0 Å². The highest BCUT2D eigenvalue weighted by Crippen LogP contribution is 2.22. The lowest BCUT2D eigenvalue weighted by Gasteiger charge is -2.16. The summed E-state index contributed by atoms with van der Waals surface area (Å²) in [7, 11) is 0. The van der Waals surface area contributed by atoms with E-state index in [0.29, 0.717) is 29.9 Å². The summed E-state index contributed by atoms with van der Waals surface area (Å²) in [6, 6.07) is 12.0. The minimum atomic E-state index is -0.381. The number of aryl methyl sites for hydroxylation is 1. The molecule has 32 heavy (non-hydrogen) atoms. The Morgan fingerprint density at radius 3 is 2.38 bits per heavy atom. The second-order valence-electron chi connectivity index (χ2n) is 8.10. The van der Waals surface area contributed by atoms with E-state index in [4.69, 9.17) is 0 Å². The Morgan fingerprint density at radius 1 is 1.03 bits per heavy atom. The number of hydrogen-bond donors (Lipinski definition) is 3. The zero-order valence-electron chi connectivity index (χ0n) is 18.5. The van der Waals surface area contributed by atoms with Crippen molar-refractivity contribution in [1.82, 2.24) is 5.32 Å². The van der Waals surface area contributed by atoms with Gasteiger partial charge in [-0.3, -0.25) is 19.2 Å². The van der Waals surface area contributed by atoms with Gasteiger partial charge in [-0.05, 0) is 55.3 Å². The molecular formula is C24H28N4O4. The van der Waals surface area contributed by atoms with Crippen molar-refractivity contribution in [2.75, 3.05) is 28.6 Å². The van der Waals surface area contributed by atoms with Gasteiger partial charge in [0.05, 0.1) is 6.54 Å². The van der Waals surface area contributed by atoms with Crippen molar-refractivity contribution < 1.29 is 19.2 Å². The molecule has 1 fully saturated rings. The molecule has 1 heterocycles. The first-order valence-electron chi connectivity index (χ1n) is 10.6. The van der Waals surface area contributed by atoms with Crippen LogP contribution in [-0.4, -0.2) is 36.7 Å². The zero-order chi connectivity index (χ0) is 23.3. The molecule has 4 amide bonds. The van der Waals surface area contributed by atoms with Crippen LogP contribution >= 0.6 is 0 Å². The van der Waals surface area contributed by atoms with Gasteiger partial charge in [0.1, 0.15) is 0 Å². The van der Waals surface area contributed by atoms with Gasteiger partial charge in [-0.1, -0.05) is 19.9 Å². The second kappa shape index (κ2) is 10.1. The van der Waals surface area contributed by atoms with Gasteiger partial charge in [0.15, 0.2) is 0 Å². The molecule has 2 aromatic rings. The number of benzene rings is 2. The Bertz CT molecular complexity index is 1030. The summed E-state index contributed by atoms with van der Waals surface area (Å²) in [6.07, 6.45) is 1.38. The number of amides is 4. The maximum Gasteiger partial charge on any atom is 0.251 e. The Morgan fingerprint density at radius 2 is 1.75 bits per heavy atom. The van der Waals surface area contributed by atoms with Crippen LogP contribution in [0.4, 0.5) is 17.1 Å². The monoisotopic (exact) mass is 436 g/mol. The Labute approximate surface area is 187 Å². The summed E-state index contributed by atoms with van der Waals surface area (Å²) in [5.41, 5.74) is 3.15. The normalized spacial score (nSPS) is 13.2. The summed E-state index contributed by atoms with van der Waals surface area (Å²) in [4.78, 5) is 50.2. The molecule has 0 bridgehead atoms. The van der Waals surface area contributed by atoms with Gasteiger partial charge in [0, 0.05) is 41.5 Å². The van der Waals surface area contributed by atoms with Crippen LogP contribution in [-0.2, 0) is 14.4 Å². The van der Waals surface area contributed by atoms with Crippen LogP contribution in [0.2, 0.25) is 0 Å². The molecule has 1 aliphatic rings. The van der Waals surface area contributed by atoms with E-state index in [-0.39, 0.29) is 36.1 Å². The zero-order valence-corrected chi connectivity index (χ0v) is 18.5. The lowest BCUT2D eigenvalue weighted by Crippen LogP contribution is -2.33. The number of nitrogens with zero attached hydrogens (tertiary/aromatic N) is 1. The van der Waals surface area contributed by atoms with Crippen molar-refractivity contribution in [2.24, 2.45) is 5.92 Å². The minimum absolute atomic E-state index is 0.0852. The number of rotatable bonds is 7. The first kappa shape index (κ1) is 23.0. The third kappa shape index (κ3) is 5.72. The molecule has 3 N–H and O–H groups in total. The lowest BCUT2D eigenvalue weighted by molar-refractivity contribution is -0.119. The molecule has 0 radical (unpaired) electrons. The SMILES string of the molecule is Cc1ccc(NC(=O)C(C)C)cc1NC(=O)CNC(=O)c1ccc(N2CCCC2=O)cc1. The van der Waals surface area contributed by atoms with E-state index in [1.54, 1.807) is 61.2 Å². The van der Waals surface area contributed by atoms with Gasteiger partial charge in [-0.2, -0.15) is 0 Å². The largest absolute Gasteiger partial charge is 0.343 e. The quantitative estimate of drug-likeness (QED) is 0.620. The molecule has 1 saturated heterocycles. The van der Waals surface area contributed by atoms with Crippen LogP contribution in [0.3, 0.4) is 0 Å². The molecule has 8 nitrogen and oxygen atoms in total. The van der Waals surface area contributed by atoms with Crippen molar-refractivity contribution in [1.29, 1.82) is 0 Å². The van der Waals surface area contributed by atoms with Crippen molar-refractivity contribution in [2.45, 2.75) is 33.6 Å². The molecule has 0 spiro atoms. The van der Waals surface area contributed by atoms with E-state index in [1.165, 1.54) is 0 Å². The van der Waals surface area contributed by atoms with Crippen molar-refractivity contribution in [3.63, 3.8) is 0 Å². The molecule has 3 rings (SSSR count). The van der Waals surface area contributed by atoms with Crippen molar-refractivity contribution >= 4 is 40.7 Å². The van der Waals surface area contributed by atoms with Crippen LogP contribution < -0.4 is 20.9 Å². The van der Waals surface area contributed by atoms with E-state index < -0.39 is 0 Å². The predicted octanol–water partition coefficient (Wildman–Crippen LogP) is 3.08. The topological polar surface area (TPSA) is 108 Å². The molecule has 8 heteroatoms. The smallest absolute Gasteiger partial charge is 0.251 e. The highest BCUT2D eigenvalue weighted by Gasteiger charge is 2.21. The second-order valence-corrected chi connectivity index (χ2v) is 8.10. The van der Waals surface area contributed by atoms with E-state index in [1.807, 2.05) is 6.92 Å². The van der Waals surface area contributed by atoms with E-state index in [0.717, 1.165) is 17.7 Å². The fraction of sp³-hybridized carbons (Fsp3) is 0.333. The number of carbonyl (C=O) groups is 4. The van der Waals surface area contributed by atoms with Gasteiger partial charge in [0.25, 0.3) is 5.91 Å². The summed E-state index contributed by atoms with van der Waals surface area (Å²) in [5.74, 6) is -0.947. The Kier molecular flexibility index (Phi) is 7.25. The van der Waals surface area contributed by atoms with Gasteiger partial charge < -0.3 is 20.9 Å². The first-order valence-corrected chi connectivity index (χ1v) is 10.6. The number of nitrogens with one attached hydrogen (secondary N) is 3. The molecule has 0 atom stereocenters. The minimum Gasteiger partial charge on any atom is -0.343 e. The summed E-state index contributed by atoms with van der Waals surface area (Å²) < 4.78 is 0. The molecule has 2 aromatic carbocycles. The van der Waals surface area contributed by atoms with E-state index in [2.05, 4.69) is 16.0 Å². The number of hydrogen-bond acceptors (Lipinski definition) is 4. The Hall–Kier alpha value is -3.68. The van der Waals surface area contributed by atoms with Crippen LogP contribution in [0.15, 0.2) is 42.5 Å². The predicted molar refractivity (Wildman–Crippen MR) is 124 cm³/mol.